The van der Waals surface area contributed by atoms with Gasteiger partial charge >= 0.3 is 0 Å². The van der Waals surface area contributed by atoms with Gasteiger partial charge in [-0.05, 0) is 51.7 Å². The van der Waals surface area contributed by atoms with Crippen molar-refractivity contribution in [3.05, 3.63) is 34.9 Å². The molecule has 0 aromatic heterocycles. The molecule has 0 aliphatic heterocycles. The van der Waals surface area contributed by atoms with E-state index in [0.29, 0.717) is 0 Å². The van der Waals surface area contributed by atoms with Crippen molar-refractivity contribution < 1.29 is 4.74 Å². The Morgan fingerprint density at radius 1 is 1.29 bits per heavy atom. The van der Waals surface area contributed by atoms with Crippen LogP contribution in [0.2, 0.25) is 0 Å². The lowest BCUT2D eigenvalue weighted by atomic mass is 9.92. The Hall–Kier alpha value is -0.860. The first-order valence-corrected chi connectivity index (χ1v) is 6.23. The largest absolute Gasteiger partial charge is 0.379 e. The van der Waals surface area contributed by atoms with Crippen LogP contribution in [0.4, 0.5) is 0 Å². The summed E-state index contributed by atoms with van der Waals surface area (Å²) in [6.07, 6.45) is 1.92. The molecule has 0 bridgehead atoms. The van der Waals surface area contributed by atoms with Crippen LogP contribution in [-0.4, -0.2) is 12.7 Å². The summed E-state index contributed by atoms with van der Waals surface area (Å²) in [6, 6.07) is 6.57. The molecule has 1 atom stereocenters. The zero-order chi connectivity index (χ0) is 13.1. The van der Waals surface area contributed by atoms with Crippen LogP contribution in [0.15, 0.2) is 18.2 Å². The molecule has 2 heteroatoms. The number of rotatable bonds is 5. The topological polar surface area (TPSA) is 35.2 Å². The Morgan fingerprint density at radius 3 is 2.53 bits per heavy atom. The van der Waals surface area contributed by atoms with Crippen molar-refractivity contribution in [3.8, 4) is 0 Å². The van der Waals surface area contributed by atoms with Gasteiger partial charge in [0.15, 0.2) is 0 Å². The maximum absolute atomic E-state index is 6.27. The van der Waals surface area contributed by atoms with Crippen LogP contribution < -0.4 is 5.73 Å². The Bertz CT molecular complexity index is 371. The number of methoxy groups -OCH3 is 1. The van der Waals surface area contributed by atoms with E-state index in [0.717, 1.165) is 12.8 Å². The molecule has 2 nitrogen and oxygen atoms in total. The number of hydrogen-bond donors (Lipinski definition) is 1. The molecule has 0 aliphatic rings. The van der Waals surface area contributed by atoms with Crippen LogP contribution in [0.1, 0.15) is 49.4 Å². The molecular weight excluding hydrogens is 210 g/mol. The third-order valence-corrected chi connectivity index (χ3v) is 3.44. The molecular formula is C15H25NO. The first kappa shape index (κ1) is 14.2. The van der Waals surface area contributed by atoms with Gasteiger partial charge in [0.25, 0.3) is 0 Å². The summed E-state index contributed by atoms with van der Waals surface area (Å²) in [5.41, 5.74) is 9.99. The van der Waals surface area contributed by atoms with E-state index in [1.807, 2.05) is 0 Å². The minimum absolute atomic E-state index is 0.0879. The van der Waals surface area contributed by atoms with Gasteiger partial charge in [-0.2, -0.15) is 0 Å². The van der Waals surface area contributed by atoms with Crippen molar-refractivity contribution in [2.45, 2.75) is 52.2 Å². The number of nitrogens with two attached hydrogens (primary N) is 1. The predicted octanol–water partition coefficient (Wildman–Crippen LogP) is 3.51. The third kappa shape index (κ3) is 4.14. The molecule has 96 valence electrons. The molecule has 1 rings (SSSR count). The standard InChI is InChI=1S/C15H25NO/c1-11-6-7-12(2)13(10-11)14(16)8-9-15(3,4)17-5/h6-7,10,14H,8-9,16H2,1-5H3. The normalized spacial score (nSPS) is 13.8. The molecule has 17 heavy (non-hydrogen) atoms. The molecule has 0 spiro atoms. The molecule has 0 aliphatic carbocycles. The van der Waals surface area contributed by atoms with Gasteiger partial charge < -0.3 is 10.5 Å². The SMILES string of the molecule is COC(C)(C)CCC(N)c1cc(C)ccc1C. The molecule has 0 radical (unpaired) electrons. The van der Waals surface area contributed by atoms with Crippen LogP contribution in [0, 0.1) is 13.8 Å². The molecule has 0 heterocycles. The van der Waals surface area contributed by atoms with Crippen LogP contribution >= 0.6 is 0 Å². The summed E-state index contributed by atoms with van der Waals surface area (Å²) in [6.45, 7) is 8.43. The smallest absolute Gasteiger partial charge is 0.0623 e. The Balaban J connectivity index is 2.70. The van der Waals surface area contributed by atoms with E-state index in [2.05, 4.69) is 45.9 Å². The number of ether oxygens (including phenoxy) is 1. The summed E-state index contributed by atoms with van der Waals surface area (Å²) in [7, 11) is 1.75. The zero-order valence-corrected chi connectivity index (χ0v) is 11.7. The summed E-state index contributed by atoms with van der Waals surface area (Å²) in [5, 5.41) is 0. The fourth-order valence-corrected chi connectivity index (χ4v) is 1.92. The minimum atomic E-state index is -0.0879. The Morgan fingerprint density at radius 2 is 1.94 bits per heavy atom. The molecule has 1 unspecified atom stereocenters. The van der Waals surface area contributed by atoms with Gasteiger partial charge in [0, 0.05) is 13.2 Å². The van der Waals surface area contributed by atoms with Crippen molar-refractivity contribution in [1.29, 1.82) is 0 Å². The molecule has 2 N–H and O–H groups in total. The molecule has 1 aromatic carbocycles. The average Bonchev–Trinajstić information content (AvgIpc) is 2.29. The zero-order valence-electron chi connectivity index (χ0n) is 11.7. The van der Waals surface area contributed by atoms with Crippen LogP contribution in [-0.2, 0) is 4.74 Å². The lowest BCUT2D eigenvalue weighted by molar-refractivity contribution is 0.0125. The molecule has 0 saturated carbocycles. The van der Waals surface area contributed by atoms with Crippen LogP contribution in [0.5, 0.6) is 0 Å². The van der Waals surface area contributed by atoms with E-state index in [1.54, 1.807) is 7.11 Å². The Labute approximate surface area is 105 Å². The van der Waals surface area contributed by atoms with Gasteiger partial charge in [0.05, 0.1) is 5.60 Å². The minimum Gasteiger partial charge on any atom is -0.379 e. The monoisotopic (exact) mass is 235 g/mol. The van der Waals surface area contributed by atoms with Gasteiger partial charge in [-0.25, -0.2) is 0 Å². The van der Waals surface area contributed by atoms with Crippen LogP contribution in [0.3, 0.4) is 0 Å². The van der Waals surface area contributed by atoms with E-state index in [1.165, 1.54) is 16.7 Å². The third-order valence-electron chi connectivity index (χ3n) is 3.44. The summed E-state index contributed by atoms with van der Waals surface area (Å²) in [4.78, 5) is 0. The second-order valence-corrected chi connectivity index (χ2v) is 5.47. The summed E-state index contributed by atoms with van der Waals surface area (Å²) >= 11 is 0. The van der Waals surface area contributed by atoms with Gasteiger partial charge in [0.1, 0.15) is 0 Å². The second kappa shape index (κ2) is 5.65. The van der Waals surface area contributed by atoms with Gasteiger partial charge in [-0.15, -0.1) is 0 Å². The average molecular weight is 235 g/mol. The highest BCUT2D eigenvalue weighted by molar-refractivity contribution is 5.32. The summed E-state index contributed by atoms with van der Waals surface area (Å²) < 4.78 is 5.42. The number of aryl methyl sites for hydroxylation is 2. The van der Waals surface area contributed by atoms with Crippen molar-refractivity contribution in [3.63, 3.8) is 0 Å². The lowest BCUT2D eigenvalue weighted by Crippen LogP contribution is -2.25. The first-order valence-electron chi connectivity index (χ1n) is 6.23. The highest BCUT2D eigenvalue weighted by Crippen LogP contribution is 2.25. The van der Waals surface area contributed by atoms with Crippen molar-refractivity contribution in [2.75, 3.05) is 7.11 Å². The van der Waals surface area contributed by atoms with Gasteiger partial charge in [-0.1, -0.05) is 23.8 Å². The molecule has 0 fully saturated rings. The fourth-order valence-electron chi connectivity index (χ4n) is 1.92. The van der Waals surface area contributed by atoms with E-state index in [4.69, 9.17) is 10.5 Å². The lowest BCUT2D eigenvalue weighted by Gasteiger charge is -2.25. The Kier molecular flexibility index (Phi) is 4.72. The highest BCUT2D eigenvalue weighted by Gasteiger charge is 2.19. The van der Waals surface area contributed by atoms with E-state index in [9.17, 15) is 0 Å². The molecule has 0 amide bonds. The van der Waals surface area contributed by atoms with Crippen molar-refractivity contribution >= 4 is 0 Å². The number of benzene rings is 1. The maximum Gasteiger partial charge on any atom is 0.0623 e. The van der Waals surface area contributed by atoms with Crippen LogP contribution in [0.25, 0.3) is 0 Å². The molecule has 1 aromatic rings. The van der Waals surface area contributed by atoms with Gasteiger partial charge in [-0.3, -0.25) is 0 Å². The van der Waals surface area contributed by atoms with Crippen molar-refractivity contribution in [2.24, 2.45) is 5.73 Å². The quantitative estimate of drug-likeness (QED) is 0.847. The second-order valence-electron chi connectivity index (χ2n) is 5.47. The maximum atomic E-state index is 6.27. The number of hydrogen-bond acceptors (Lipinski definition) is 2. The van der Waals surface area contributed by atoms with E-state index < -0.39 is 0 Å². The summed E-state index contributed by atoms with van der Waals surface area (Å²) in [5.74, 6) is 0. The molecule has 0 saturated heterocycles. The van der Waals surface area contributed by atoms with E-state index in [-0.39, 0.29) is 11.6 Å². The highest BCUT2D eigenvalue weighted by atomic mass is 16.5. The van der Waals surface area contributed by atoms with Gasteiger partial charge in [0.2, 0.25) is 0 Å². The predicted molar refractivity (Wildman–Crippen MR) is 73.2 cm³/mol. The van der Waals surface area contributed by atoms with Crippen molar-refractivity contribution in [1.82, 2.24) is 0 Å². The first-order chi connectivity index (χ1) is 7.85. The fraction of sp³-hybridized carbons (Fsp3) is 0.600. The van der Waals surface area contributed by atoms with E-state index >= 15 is 0 Å².